The van der Waals surface area contributed by atoms with E-state index in [9.17, 15) is 8.42 Å². The first-order valence-electron chi connectivity index (χ1n) is 8.18. The highest BCUT2D eigenvalue weighted by Gasteiger charge is 2.24. The van der Waals surface area contributed by atoms with Crippen molar-refractivity contribution in [3.63, 3.8) is 0 Å². The summed E-state index contributed by atoms with van der Waals surface area (Å²) in [4.78, 5) is 2.47. The van der Waals surface area contributed by atoms with Gasteiger partial charge in [-0.1, -0.05) is 41.9 Å². The van der Waals surface area contributed by atoms with Gasteiger partial charge in [0.25, 0.3) is 0 Å². The Hall–Kier alpha value is -1.44. The molecule has 5 nitrogen and oxygen atoms in total. The molecule has 1 aliphatic rings. The van der Waals surface area contributed by atoms with E-state index in [-0.39, 0.29) is 10.9 Å². The molecular weight excluding hydrogens is 360 g/mol. The molecule has 7 heteroatoms. The average Bonchev–Trinajstić information content (AvgIpc) is 2.64. The first-order valence-corrected chi connectivity index (χ1v) is 10.0. The van der Waals surface area contributed by atoms with Gasteiger partial charge in [-0.25, -0.2) is 13.1 Å². The van der Waals surface area contributed by atoms with Gasteiger partial charge in [-0.3, -0.25) is 4.90 Å². The lowest BCUT2D eigenvalue weighted by Gasteiger charge is -2.34. The van der Waals surface area contributed by atoms with Crippen LogP contribution in [0.5, 0.6) is 0 Å². The van der Waals surface area contributed by atoms with Crippen molar-refractivity contribution in [1.82, 2.24) is 9.62 Å². The van der Waals surface area contributed by atoms with Gasteiger partial charge in [-0.05, 0) is 29.8 Å². The third-order valence-corrected chi connectivity index (χ3v) is 5.95. The zero-order chi connectivity index (χ0) is 17.7. The highest BCUT2D eigenvalue weighted by Crippen LogP contribution is 2.22. The maximum atomic E-state index is 12.6. The van der Waals surface area contributed by atoms with Crippen molar-refractivity contribution in [3.05, 3.63) is 65.2 Å². The highest BCUT2D eigenvalue weighted by molar-refractivity contribution is 7.89. The monoisotopic (exact) mass is 380 g/mol. The molecule has 1 fully saturated rings. The van der Waals surface area contributed by atoms with E-state index in [1.165, 1.54) is 12.1 Å². The number of sulfonamides is 1. The van der Waals surface area contributed by atoms with Crippen LogP contribution in [0.3, 0.4) is 0 Å². The Morgan fingerprint density at radius 1 is 1.04 bits per heavy atom. The van der Waals surface area contributed by atoms with Crippen molar-refractivity contribution in [2.24, 2.45) is 0 Å². The molecule has 0 aliphatic carbocycles. The van der Waals surface area contributed by atoms with Crippen LogP contribution in [0.1, 0.15) is 11.6 Å². The molecule has 0 saturated carbocycles. The maximum Gasteiger partial charge on any atom is 0.240 e. The fraction of sp³-hybridized carbons (Fsp3) is 0.333. The predicted molar refractivity (Wildman–Crippen MR) is 98.2 cm³/mol. The molecule has 0 bridgehead atoms. The van der Waals surface area contributed by atoms with E-state index in [1.54, 1.807) is 12.1 Å². The molecule has 0 spiro atoms. The summed E-state index contributed by atoms with van der Waals surface area (Å²) in [5.41, 5.74) is 1.09. The molecule has 0 unspecified atom stereocenters. The van der Waals surface area contributed by atoms with E-state index in [0.717, 1.165) is 18.7 Å². The fourth-order valence-corrected chi connectivity index (χ4v) is 4.07. The number of halogens is 1. The van der Waals surface area contributed by atoms with Crippen LogP contribution in [0.2, 0.25) is 5.02 Å². The molecular formula is C18H21ClN2O3S. The van der Waals surface area contributed by atoms with Gasteiger partial charge in [-0.2, -0.15) is 0 Å². The normalized spacial score (nSPS) is 17.3. The van der Waals surface area contributed by atoms with E-state index in [2.05, 4.69) is 9.62 Å². The standard InChI is InChI=1S/C18H21ClN2O3S/c19-16-6-8-17(9-7-16)25(22,23)20-14-18(15-4-2-1-3-5-15)21-10-12-24-13-11-21/h1-9,18,20H,10-14H2/t18-/m1/s1. The second-order valence-electron chi connectivity index (χ2n) is 5.88. The van der Waals surface area contributed by atoms with Gasteiger partial charge in [0.2, 0.25) is 10.0 Å². The topological polar surface area (TPSA) is 58.6 Å². The first-order chi connectivity index (χ1) is 12.1. The van der Waals surface area contributed by atoms with Crippen molar-refractivity contribution in [1.29, 1.82) is 0 Å². The van der Waals surface area contributed by atoms with Crippen molar-refractivity contribution < 1.29 is 13.2 Å². The van der Waals surface area contributed by atoms with Crippen LogP contribution in [-0.4, -0.2) is 46.2 Å². The lowest BCUT2D eigenvalue weighted by molar-refractivity contribution is 0.0172. The Bertz CT molecular complexity index is 776. The van der Waals surface area contributed by atoms with Gasteiger partial charge >= 0.3 is 0 Å². The van der Waals surface area contributed by atoms with Gasteiger partial charge < -0.3 is 4.74 Å². The van der Waals surface area contributed by atoms with Gasteiger partial charge in [0.15, 0.2) is 0 Å². The molecule has 3 rings (SSSR count). The summed E-state index contributed by atoms with van der Waals surface area (Å²) in [6.07, 6.45) is 0. The van der Waals surface area contributed by atoms with Crippen LogP contribution in [0.4, 0.5) is 0 Å². The van der Waals surface area contributed by atoms with Crippen LogP contribution in [-0.2, 0) is 14.8 Å². The first kappa shape index (κ1) is 18.4. The lowest BCUT2D eigenvalue weighted by Crippen LogP contribution is -2.43. The number of ether oxygens (including phenoxy) is 1. The van der Waals surface area contributed by atoms with Gasteiger partial charge in [0.05, 0.1) is 18.1 Å². The number of hydrogen-bond acceptors (Lipinski definition) is 4. The summed E-state index contributed by atoms with van der Waals surface area (Å²) in [6.45, 7) is 3.18. The molecule has 0 aromatic heterocycles. The second-order valence-corrected chi connectivity index (χ2v) is 8.08. The quantitative estimate of drug-likeness (QED) is 0.837. The zero-order valence-electron chi connectivity index (χ0n) is 13.8. The number of rotatable bonds is 6. The number of nitrogens with one attached hydrogen (secondary N) is 1. The molecule has 1 aliphatic heterocycles. The van der Waals surface area contributed by atoms with Gasteiger partial charge in [0, 0.05) is 30.7 Å². The molecule has 2 aromatic rings. The van der Waals surface area contributed by atoms with Crippen molar-refractivity contribution in [2.75, 3.05) is 32.8 Å². The molecule has 134 valence electrons. The Morgan fingerprint density at radius 2 is 1.68 bits per heavy atom. The van der Waals surface area contributed by atoms with E-state index < -0.39 is 10.0 Å². The maximum absolute atomic E-state index is 12.6. The molecule has 0 amide bonds. The minimum atomic E-state index is -3.59. The highest BCUT2D eigenvalue weighted by atomic mass is 35.5. The van der Waals surface area contributed by atoms with E-state index >= 15 is 0 Å². The van der Waals surface area contributed by atoms with Gasteiger partial charge in [-0.15, -0.1) is 0 Å². The van der Waals surface area contributed by atoms with Crippen LogP contribution in [0.15, 0.2) is 59.5 Å². The number of morpholine rings is 1. The molecule has 25 heavy (non-hydrogen) atoms. The summed E-state index contributed by atoms with van der Waals surface area (Å²) in [5.74, 6) is 0. The van der Waals surface area contributed by atoms with Crippen LogP contribution in [0, 0.1) is 0 Å². The second kappa shape index (κ2) is 8.29. The summed E-state index contributed by atoms with van der Waals surface area (Å²) < 4.78 is 33.3. The van der Waals surface area contributed by atoms with Crippen LogP contribution >= 0.6 is 11.6 Å². The minimum absolute atomic E-state index is 0.0350. The smallest absolute Gasteiger partial charge is 0.240 e. The average molecular weight is 381 g/mol. The van der Waals surface area contributed by atoms with E-state index in [4.69, 9.17) is 16.3 Å². The SMILES string of the molecule is O=S(=O)(NC[C@H](c1ccccc1)N1CCOCC1)c1ccc(Cl)cc1. The number of hydrogen-bond donors (Lipinski definition) is 1. The Balaban J connectivity index is 1.77. The third kappa shape index (κ3) is 4.80. The Morgan fingerprint density at radius 3 is 2.32 bits per heavy atom. The molecule has 1 saturated heterocycles. The largest absolute Gasteiger partial charge is 0.379 e. The van der Waals surface area contributed by atoms with Crippen molar-refractivity contribution in [2.45, 2.75) is 10.9 Å². The van der Waals surface area contributed by atoms with Gasteiger partial charge in [0.1, 0.15) is 0 Å². The number of benzene rings is 2. The zero-order valence-corrected chi connectivity index (χ0v) is 15.3. The summed E-state index contributed by atoms with van der Waals surface area (Å²) in [7, 11) is -3.59. The number of nitrogens with zero attached hydrogens (tertiary/aromatic N) is 1. The van der Waals surface area contributed by atoms with Crippen molar-refractivity contribution >= 4 is 21.6 Å². The lowest BCUT2D eigenvalue weighted by atomic mass is 10.1. The third-order valence-electron chi connectivity index (χ3n) is 4.26. The van der Waals surface area contributed by atoms with Crippen molar-refractivity contribution in [3.8, 4) is 0 Å². The fourth-order valence-electron chi connectivity index (χ4n) is 2.91. The molecule has 1 heterocycles. The predicted octanol–water partition coefficient (Wildman–Crippen LogP) is 2.69. The summed E-state index contributed by atoms with van der Waals surface area (Å²) in [6, 6.07) is 16.1. The van der Waals surface area contributed by atoms with E-state index in [0.29, 0.717) is 24.8 Å². The summed E-state index contributed by atoms with van der Waals surface area (Å²) >= 11 is 5.84. The van der Waals surface area contributed by atoms with Crippen LogP contribution < -0.4 is 4.72 Å². The molecule has 1 N–H and O–H groups in total. The molecule has 1 atom stereocenters. The summed E-state index contributed by atoms with van der Waals surface area (Å²) in [5, 5.41) is 0.509. The Kier molecular flexibility index (Phi) is 6.09. The molecule has 2 aromatic carbocycles. The minimum Gasteiger partial charge on any atom is -0.379 e. The Labute approximate surface area is 153 Å². The van der Waals surface area contributed by atoms with E-state index in [1.807, 2.05) is 30.3 Å². The molecule has 0 radical (unpaired) electrons. The van der Waals surface area contributed by atoms with Crippen LogP contribution in [0.25, 0.3) is 0 Å².